The summed E-state index contributed by atoms with van der Waals surface area (Å²) in [5.74, 6) is -0.513. The van der Waals surface area contributed by atoms with Crippen molar-refractivity contribution >= 4 is 40.1 Å². The summed E-state index contributed by atoms with van der Waals surface area (Å²) in [4.78, 5) is 25.0. The Kier molecular flexibility index (Phi) is 5.44. The van der Waals surface area contributed by atoms with Crippen molar-refractivity contribution in [3.05, 3.63) is 35.4 Å². The van der Waals surface area contributed by atoms with Crippen molar-refractivity contribution in [1.29, 1.82) is 0 Å². The zero-order chi connectivity index (χ0) is 14.6. The Morgan fingerprint density at radius 1 is 1.37 bits per heavy atom. The Morgan fingerprint density at radius 3 is 2.47 bits per heavy atom. The standard InChI is InChI=1S/C13H14ClNO3S/c1-8(12(16)18-4)9-5-6-11(10(14)7-9)19-13(17)15(2)3/h5-7H,1H2,2-4H3. The van der Waals surface area contributed by atoms with Crippen LogP contribution in [0.25, 0.3) is 5.57 Å². The van der Waals surface area contributed by atoms with E-state index in [0.717, 1.165) is 11.8 Å². The van der Waals surface area contributed by atoms with Crippen molar-refractivity contribution in [2.75, 3.05) is 21.2 Å². The zero-order valence-corrected chi connectivity index (χ0v) is 12.5. The fourth-order valence-corrected chi connectivity index (χ4v) is 2.16. The molecule has 0 heterocycles. The van der Waals surface area contributed by atoms with Crippen LogP contribution in [0.2, 0.25) is 5.02 Å². The number of halogens is 1. The van der Waals surface area contributed by atoms with E-state index < -0.39 is 5.97 Å². The Morgan fingerprint density at radius 2 is 2.00 bits per heavy atom. The normalized spacial score (nSPS) is 9.89. The molecule has 1 rings (SSSR count). The van der Waals surface area contributed by atoms with E-state index in [1.807, 2.05) is 0 Å². The van der Waals surface area contributed by atoms with Gasteiger partial charge in [-0.05, 0) is 29.5 Å². The molecule has 0 aliphatic rings. The summed E-state index contributed by atoms with van der Waals surface area (Å²) in [6.45, 7) is 3.64. The van der Waals surface area contributed by atoms with Crippen LogP contribution in [-0.2, 0) is 9.53 Å². The summed E-state index contributed by atoms with van der Waals surface area (Å²) >= 11 is 7.11. The molecule has 0 N–H and O–H groups in total. The second-order valence-electron chi connectivity index (χ2n) is 3.88. The van der Waals surface area contributed by atoms with E-state index in [1.54, 1.807) is 32.3 Å². The summed E-state index contributed by atoms with van der Waals surface area (Å²) in [6, 6.07) is 4.94. The molecule has 0 saturated carbocycles. The molecule has 0 radical (unpaired) electrons. The third kappa shape index (κ3) is 4.01. The molecular weight excluding hydrogens is 286 g/mol. The lowest BCUT2D eigenvalue weighted by Gasteiger charge is -2.11. The van der Waals surface area contributed by atoms with Crippen molar-refractivity contribution in [1.82, 2.24) is 4.90 Å². The molecule has 1 amide bonds. The first kappa shape index (κ1) is 15.6. The van der Waals surface area contributed by atoms with Gasteiger partial charge < -0.3 is 9.64 Å². The molecule has 4 nitrogen and oxygen atoms in total. The Balaban J connectivity index is 2.95. The number of hydrogen-bond acceptors (Lipinski definition) is 4. The average molecular weight is 300 g/mol. The number of thioether (sulfide) groups is 1. The van der Waals surface area contributed by atoms with Gasteiger partial charge in [-0.1, -0.05) is 24.2 Å². The topological polar surface area (TPSA) is 46.6 Å². The maximum atomic E-state index is 11.6. The molecule has 0 aliphatic carbocycles. The van der Waals surface area contributed by atoms with Crippen molar-refractivity contribution in [3.8, 4) is 0 Å². The lowest BCUT2D eigenvalue weighted by molar-refractivity contribution is -0.133. The summed E-state index contributed by atoms with van der Waals surface area (Å²) in [5, 5.41) is 0.268. The molecule has 102 valence electrons. The van der Waals surface area contributed by atoms with Crippen LogP contribution < -0.4 is 0 Å². The maximum Gasteiger partial charge on any atom is 0.337 e. The van der Waals surface area contributed by atoms with Crippen LogP contribution in [0.4, 0.5) is 4.79 Å². The van der Waals surface area contributed by atoms with Crippen molar-refractivity contribution in [2.45, 2.75) is 4.90 Å². The summed E-state index contributed by atoms with van der Waals surface area (Å²) in [6.07, 6.45) is 0. The van der Waals surface area contributed by atoms with Gasteiger partial charge in [-0.15, -0.1) is 0 Å². The van der Waals surface area contributed by atoms with Gasteiger partial charge in [0.1, 0.15) is 0 Å². The van der Waals surface area contributed by atoms with Crippen LogP contribution in [0.3, 0.4) is 0 Å². The zero-order valence-electron chi connectivity index (χ0n) is 10.9. The Hall–Kier alpha value is -1.46. The van der Waals surface area contributed by atoms with Crippen LogP contribution in [0, 0.1) is 0 Å². The fourth-order valence-electron chi connectivity index (χ4n) is 1.20. The molecule has 0 atom stereocenters. The molecule has 0 spiro atoms. The highest BCUT2D eigenvalue weighted by atomic mass is 35.5. The largest absolute Gasteiger partial charge is 0.465 e. The van der Waals surface area contributed by atoms with Gasteiger partial charge in [0.05, 0.1) is 17.7 Å². The van der Waals surface area contributed by atoms with Crippen molar-refractivity contribution in [2.24, 2.45) is 0 Å². The highest BCUT2D eigenvalue weighted by Gasteiger charge is 2.14. The molecule has 0 aliphatic heterocycles. The molecule has 0 bridgehead atoms. The lowest BCUT2D eigenvalue weighted by Crippen LogP contribution is -2.16. The minimum atomic E-state index is -0.513. The number of amides is 1. The average Bonchev–Trinajstić information content (AvgIpc) is 2.38. The smallest absolute Gasteiger partial charge is 0.337 e. The van der Waals surface area contributed by atoms with Gasteiger partial charge in [0.15, 0.2) is 0 Å². The van der Waals surface area contributed by atoms with E-state index >= 15 is 0 Å². The molecule has 1 aromatic rings. The molecule has 0 aromatic heterocycles. The summed E-state index contributed by atoms with van der Waals surface area (Å²) in [7, 11) is 4.61. The predicted octanol–water partition coefficient (Wildman–Crippen LogP) is 3.30. The second kappa shape index (κ2) is 6.63. The maximum absolute atomic E-state index is 11.6. The summed E-state index contributed by atoms with van der Waals surface area (Å²) < 4.78 is 4.58. The number of carbonyl (C=O) groups is 2. The second-order valence-corrected chi connectivity index (χ2v) is 5.28. The minimum absolute atomic E-state index is 0.124. The molecule has 19 heavy (non-hydrogen) atoms. The number of nitrogens with zero attached hydrogens (tertiary/aromatic N) is 1. The number of methoxy groups -OCH3 is 1. The van der Waals surface area contributed by atoms with E-state index in [-0.39, 0.29) is 10.8 Å². The quantitative estimate of drug-likeness (QED) is 0.488. The molecular formula is C13H14ClNO3S. The van der Waals surface area contributed by atoms with Crippen molar-refractivity contribution in [3.63, 3.8) is 0 Å². The molecule has 0 fully saturated rings. The third-order valence-electron chi connectivity index (χ3n) is 2.27. The van der Waals surface area contributed by atoms with Gasteiger partial charge in [0.2, 0.25) is 0 Å². The predicted molar refractivity (Wildman–Crippen MR) is 77.4 cm³/mol. The first-order valence-corrected chi connectivity index (χ1v) is 6.52. The van der Waals surface area contributed by atoms with Gasteiger partial charge in [0.25, 0.3) is 5.24 Å². The number of ether oxygens (including phenoxy) is 1. The Bertz CT molecular complexity index is 529. The van der Waals surface area contributed by atoms with E-state index in [9.17, 15) is 9.59 Å². The van der Waals surface area contributed by atoms with Crippen molar-refractivity contribution < 1.29 is 14.3 Å². The van der Waals surface area contributed by atoms with Crippen LogP contribution >= 0.6 is 23.4 Å². The monoisotopic (exact) mass is 299 g/mol. The van der Waals surface area contributed by atoms with E-state index in [2.05, 4.69) is 11.3 Å². The van der Waals surface area contributed by atoms with Gasteiger partial charge in [-0.2, -0.15) is 0 Å². The van der Waals surface area contributed by atoms with E-state index in [0.29, 0.717) is 15.5 Å². The highest BCUT2D eigenvalue weighted by molar-refractivity contribution is 8.13. The van der Waals surface area contributed by atoms with Crippen LogP contribution in [-0.4, -0.2) is 37.3 Å². The highest BCUT2D eigenvalue weighted by Crippen LogP contribution is 2.31. The number of benzene rings is 1. The van der Waals surface area contributed by atoms with E-state index in [1.165, 1.54) is 12.0 Å². The SMILES string of the molecule is C=C(C(=O)OC)c1ccc(SC(=O)N(C)C)c(Cl)c1. The third-order valence-corrected chi connectivity index (χ3v) is 3.81. The van der Waals surface area contributed by atoms with Gasteiger partial charge >= 0.3 is 5.97 Å². The minimum Gasteiger partial charge on any atom is -0.465 e. The first-order chi connectivity index (χ1) is 8.86. The molecule has 0 saturated heterocycles. The van der Waals surface area contributed by atoms with E-state index in [4.69, 9.17) is 11.6 Å². The number of esters is 1. The van der Waals surface area contributed by atoms with Gasteiger partial charge in [0, 0.05) is 19.0 Å². The molecule has 6 heteroatoms. The number of hydrogen-bond donors (Lipinski definition) is 0. The fraction of sp³-hybridized carbons (Fsp3) is 0.231. The summed E-state index contributed by atoms with van der Waals surface area (Å²) in [5.41, 5.74) is 0.790. The van der Waals surface area contributed by atoms with Gasteiger partial charge in [-0.3, -0.25) is 4.79 Å². The van der Waals surface area contributed by atoms with Crippen LogP contribution in [0.15, 0.2) is 29.7 Å². The first-order valence-electron chi connectivity index (χ1n) is 5.33. The molecule has 0 unspecified atom stereocenters. The number of carbonyl (C=O) groups excluding carboxylic acids is 2. The Labute approximate surface area is 121 Å². The van der Waals surface area contributed by atoms with Gasteiger partial charge in [-0.25, -0.2) is 4.79 Å². The lowest BCUT2D eigenvalue weighted by atomic mass is 10.1. The number of rotatable bonds is 3. The van der Waals surface area contributed by atoms with Crippen LogP contribution in [0.1, 0.15) is 5.56 Å². The molecule has 1 aromatic carbocycles. The van der Waals surface area contributed by atoms with Crippen LogP contribution in [0.5, 0.6) is 0 Å².